The highest BCUT2D eigenvalue weighted by atomic mass is 79.9. The Labute approximate surface area is 125 Å². The average molecular weight is 329 g/mol. The molecule has 0 fully saturated rings. The fourth-order valence-electron chi connectivity index (χ4n) is 2.00. The minimum Gasteiger partial charge on any atom is -0.312 e. The largest absolute Gasteiger partial charge is 0.312 e. The van der Waals surface area contributed by atoms with Crippen molar-refractivity contribution < 1.29 is 0 Å². The molecule has 4 nitrogen and oxygen atoms in total. The smallest absolute Gasteiger partial charge is 0.224 e. The highest BCUT2D eigenvalue weighted by Crippen LogP contribution is 2.17. The van der Waals surface area contributed by atoms with Crippen LogP contribution in [0, 0.1) is 0 Å². The maximum absolute atomic E-state index is 4.49. The molecular formula is C15H13BrN4. The van der Waals surface area contributed by atoms with E-state index in [9.17, 15) is 0 Å². The molecule has 1 aromatic heterocycles. The molecule has 0 bridgehead atoms. The molecule has 5 heteroatoms. The van der Waals surface area contributed by atoms with Gasteiger partial charge >= 0.3 is 0 Å². The quantitative estimate of drug-likeness (QED) is 0.587. The number of nitrogens with zero attached hydrogens (tertiary/aromatic N) is 3. The molecule has 0 spiro atoms. The summed E-state index contributed by atoms with van der Waals surface area (Å²) in [5.41, 5.74) is 6.03. The van der Waals surface area contributed by atoms with E-state index in [2.05, 4.69) is 31.4 Å². The lowest BCUT2D eigenvalue weighted by Gasteiger charge is -2.00. The van der Waals surface area contributed by atoms with E-state index in [0.29, 0.717) is 0 Å². The Hall–Kier alpha value is -2.14. The Morgan fingerprint density at radius 2 is 2.05 bits per heavy atom. The lowest BCUT2D eigenvalue weighted by molar-refractivity contribution is 0.943. The van der Waals surface area contributed by atoms with Crippen LogP contribution in [-0.2, 0) is 7.05 Å². The van der Waals surface area contributed by atoms with Gasteiger partial charge in [-0.15, -0.1) is 0 Å². The minimum atomic E-state index is 0.720. The molecule has 0 radical (unpaired) electrons. The van der Waals surface area contributed by atoms with Crippen molar-refractivity contribution in [3.8, 4) is 0 Å². The minimum absolute atomic E-state index is 0.720. The molecule has 0 unspecified atom stereocenters. The molecule has 0 saturated heterocycles. The van der Waals surface area contributed by atoms with E-state index in [1.165, 1.54) is 0 Å². The Morgan fingerprint density at radius 3 is 2.85 bits per heavy atom. The molecule has 0 aliphatic heterocycles. The third-order valence-corrected chi connectivity index (χ3v) is 3.51. The van der Waals surface area contributed by atoms with Crippen LogP contribution >= 0.6 is 15.9 Å². The number of hydrogen-bond acceptors (Lipinski definition) is 3. The van der Waals surface area contributed by atoms with E-state index < -0.39 is 0 Å². The summed E-state index contributed by atoms with van der Waals surface area (Å²) in [6.45, 7) is 0. The number of rotatable bonds is 3. The van der Waals surface area contributed by atoms with Gasteiger partial charge in [0, 0.05) is 11.5 Å². The van der Waals surface area contributed by atoms with Gasteiger partial charge < -0.3 is 4.57 Å². The van der Waals surface area contributed by atoms with E-state index >= 15 is 0 Å². The normalized spacial score (nSPS) is 11.3. The van der Waals surface area contributed by atoms with Crippen LogP contribution in [0.25, 0.3) is 11.0 Å². The summed E-state index contributed by atoms with van der Waals surface area (Å²) in [4.78, 5) is 4.49. The molecule has 0 aliphatic carbocycles. The van der Waals surface area contributed by atoms with Crippen molar-refractivity contribution in [2.45, 2.75) is 0 Å². The molecule has 3 rings (SSSR count). The SMILES string of the molecule is Cn1c(N/N=C\c2cccc(Br)c2)nc2ccccc21. The molecule has 1 N–H and O–H groups in total. The number of para-hydroxylation sites is 2. The Morgan fingerprint density at radius 1 is 1.20 bits per heavy atom. The van der Waals surface area contributed by atoms with Gasteiger partial charge in [0.05, 0.1) is 17.2 Å². The highest BCUT2D eigenvalue weighted by Gasteiger charge is 2.04. The van der Waals surface area contributed by atoms with Crippen LogP contribution in [-0.4, -0.2) is 15.8 Å². The summed E-state index contributed by atoms with van der Waals surface area (Å²) < 4.78 is 3.01. The predicted octanol–water partition coefficient (Wildman–Crippen LogP) is 3.78. The number of anilines is 1. The van der Waals surface area contributed by atoms with Crippen molar-refractivity contribution in [2.24, 2.45) is 12.1 Å². The van der Waals surface area contributed by atoms with Crippen molar-refractivity contribution in [1.29, 1.82) is 0 Å². The first kappa shape index (κ1) is 12.9. The number of aryl methyl sites for hydroxylation is 1. The van der Waals surface area contributed by atoms with E-state index in [1.807, 2.05) is 60.1 Å². The number of benzene rings is 2. The van der Waals surface area contributed by atoms with Gasteiger partial charge in [0.25, 0.3) is 0 Å². The molecule has 1 heterocycles. The monoisotopic (exact) mass is 328 g/mol. The molecule has 0 saturated carbocycles. The molecule has 100 valence electrons. The fraction of sp³-hybridized carbons (Fsp3) is 0.0667. The van der Waals surface area contributed by atoms with Crippen molar-refractivity contribution >= 4 is 39.1 Å². The Bertz CT molecular complexity index is 776. The summed E-state index contributed by atoms with van der Waals surface area (Å²) in [7, 11) is 1.96. The van der Waals surface area contributed by atoms with Gasteiger partial charge in [-0.25, -0.2) is 10.4 Å². The van der Waals surface area contributed by atoms with Crippen molar-refractivity contribution in [3.63, 3.8) is 0 Å². The predicted molar refractivity (Wildman–Crippen MR) is 86.1 cm³/mol. The second-order valence-electron chi connectivity index (χ2n) is 4.41. The number of imidazole rings is 1. The number of hydrogen-bond donors (Lipinski definition) is 1. The second-order valence-corrected chi connectivity index (χ2v) is 5.32. The van der Waals surface area contributed by atoms with Crippen molar-refractivity contribution in [1.82, 2.24) is 9.55 Å². The molecular weight excluding hydrogens is 316 g/mol. The highest BCUT2D eigenvalue weighted by molar-refractivity contribution is 9.10. The maximum Gasteiger partial charge on any atom is 0.224 e. The number of aromatic nitrogens is 2. The van der Waals surface area contributed by atoms with Crippen LogP contribution in [0.2, 0.25) is 0 Å². The van der Waals surface area contributed by atoms with Crippen LogP contribution in [0.5, 0.6) is 0 Å². The summed E-state index contributed by atoms with van der Waals surface area (Å²) in [6, 6.07) is 15.9. The van der Waals surface area contributed by atoms with Gasteiger partial charge in [0.2, 0.25) is 5.95 Å². The van der Waals surface area contributed by atoms with Gasteiger partial charge in [-0.2, -0.15) is 5.10 Å². The lowest BCUT2D eigenvalue weighted by Crippen LogP contribution is -1.98. The van der Waals surface area contributed by atoms with E-state index in [0.717, 1.165) is 27.0 Å². The summed E-state index contributed by atoms with van der Waals surface area (Å²) >= 11 is 3.44. The third-order valence-electron chi connectivity index (χ3n) is 3.01. The first-order valence-electron chi connectivity index (χ1n) is 6.20. The lowest BCUT2D eigenvalue weighted by atomic mass is 10.2. The molecule has 0 amide bonds. The number of hydrazone groups is 1. The third kappa shape index (κ3) is 2.58. The zero-order valence-electron chi connectivity index (χ0n) is 10.9. The molecule has 20 heavy (non-hydrogen) atoms. The standard InChI is InChI=1S/C15H13BrN4/c1-20-14-8-3-2-7-13(14)18-15(20)19-17-10-11-5-4-6-12(16)9-11/h2-10H,1H3,(H,18,19)/b17-10-. The molecule has 3 aromatic rings. The molecule has 2 aromatic carbocycles. The van der Waals surface area contributed by atoms with Crippen molar-refractivity contribution in [2.75, 3.05) is 5.43 Å². The topological polar surface area (TPSA) is 42.2 Å². The number of nitrogens with one attached hydrogen (secondary N) is 1. The number of halogens is 1. The van der Waals surface area contributed by atoms with E-state index in [-0.39, 0.29) is 0 Å². The van der Waals surface area contributed by atoms with Gasteiger partial charge in [0.15, 0.2) is 0 Å². The van der Waals surface area contributed by atoms with Crippen LogP contribution < -0.4 is 5.43 Å². The maximum atomic E-state index is 4.49. The number of fused-ring (bicyclic) bond motifs is 1. The van der Waals surface area contributed by atoms with E-state index in [4.69, 9.17) is 0 Å². The first-order valence-corrected chi connectivity index (χ1v) is 6.99. The average Bonchev–Trinajstić information content (AvgIpc) is 2.76. The molecule has 0 aliphatic rings. The fourth-order valence-corrected chi connectivity index (χ4v) is 2.41. The zero-order valence-corrected chi connectivity index (χ0v) is 12.5. The summed E-state index contributed by atoms with van der Waals surface area (Å²) in [5, 5.41) is 4.23. The summed E-state index contributed by atoms with van der Waals surface area (Å²) in [6.07, 6.45) is 1.77. The Balaban J connectivity index is 1.82. The van der Waals surface area contributed by atoms with Crippen LogP contribution in [0.3, 0.4) is 0 Å². The first-order chi connectivity index (χ1) is 9.74. The Kier molecular flexibility index (Phi) is 3.52. The van der Waals surface area contributed by atoms with Gasteiger partial charge in [-0.05, 0) is 29.8 Å². The zero-order chi connectivity index (χ0) is 13.9. The van der Waals surface area contributed by atoms with Gasteiger partial charge in [0.1, 0.15) is 0 Å². The van der Waals surface area contributed by atoms with Gasteiger partial charge in [-0.3, -0.25) is 0 Å². The van der Waals surface area contributed by atoms with Crippen LogP contribution in [0.4, 0.5) is 5.95 Å². The van der Waals surface area contributed by atoms with Gasteiger partial charge in [-0.1, -0.05) is 40.2 Å². The van der Waals surface area contributed by atoms with Crippen molar-refractivity contribution in [3.05, 3.63) is 58.6 Å². The van der Waals surface area contributed by atoms with Crippen LogP contribution in [0.1, 0.15) is 5.56 Å². The van der Waals surface area contributed by atoms with Crippen LogP contribution in [0.15, 0.2) is 58.1 Å². The second kappa shape index (κ2) is 5.46. The van der Waals surface area contributed by atoms with E-state index in [1.54, 1.807) is 6.21 Å². The summed E-state index contributed by atoms with van der Waals surface area (Å²) in [5.74, 6) is 0.720. The molecule has 0 atom stereocenters.